The smallest absolute Gasteiger partial charge is 0.257 e. The van der Waals surface area contributed by atoms with Crippen LogP contribution in [-0.2, 0) is 10.5 Å². The highest BCUT2D eigenvalue weighted by Gasteiger charge is 2.54. The lowest BCUT2D eigenvalue weighted by Crippen LogP contribution is -2.47. The number of benzene rings is 2. The minimum absolute atomic E-state index is 0.0939. The number of hydrogen-bond donors (Lipinski definition) is 0. The van der Waals surface area contributed by atoms with Crippen LogP contribution in [0.3, 0.4) is 0 Å². The third kappa shape index (κ3) is 2.13. The van der Waals surface area contributed by atoms with Crippen molar-refractivity contribution in [2.24, 2.45) is 11.8 Å². The average Bonchev–Trinajstić information content (AvgIpc) is 2.81. The topological polar surface area (TPSA) is 29.5 Å². The van der Waals surface area contributed by atoms with Gasteiger partial charge in [-0.15, -0.1) is 0 Å². The van der Waals surface area contributed by atoms with Crippen molar-refractivity contribution in [2.45, 2.75) is 25.5 Å². The monoisotopic (exact) mass is 345 g/mol. The largest absolute Gasteiger partial charge is 0.347 e. The summed E-state index contributed by atoms with van der Waals surface area (Å²) >= 11 is 0. The fourth-order valence-corrected chi connectivity index (χ4v) is 4.76. The molecule has 0 bridgehead atoms. The number of ether oxygens (including phenoxy) is 1. The van der Waals surface area contributed by atoms with E-state index in [1.807, 2.05) is 23.1 Å². The maximum Gasteiger partial charge on any atom is 0.257 e. The molecule has 5 rings (SSSR count). The van der Waals surface area contributed by atoms with Crippen molar-refractivity contribution in [1.29, 1.82) is 0 Å². The number of aryl methyl sites for hydroxylation is 1. The number of carbonyl (C=O) groups is 1. The first-order chi connectivity index (χ1) is 12.7. The zero-order chi connectivity index (χ0) is 17.7. The fourth-order valence-electron chi connectivity index (χ4n) is 4.76. The number of fused-ring (bicyclic) bond motifs is 4. The molecule has 3 heteroatoms. The molecule has 0 spiro atoms. The quantitative estimate of drug-likeness (QED) is 0.723. The van der Waals surface area contributed by atoms with Crippen LogP contribution < -0.4 is 0 Å². The number of rotatable bonds is 1. The lowest BCUT2D eigenvalue weighted by atomic mass is 9.83. The number of hydrogen-bond acceptors (Lipinski definition) is 2. The van der Waals surface area contributed by atoms with Crippen molar-refractivity contribution >= 4 is 5.91 Å². The highest BCUT2D eigenvalue weighted by atomic mass is 16.5. The van der Waals surface area contributed by atoms with E-state index in [0.29, 0.717) is 18.4 Å². The second-order valence-corrected chi connectivity index (χ2v) is 7.75. The Balaban J connectivity index is 1.70. The molecule has 1 fully saturated rings. The summed E-state index contributed by atoms with van der Waals surface area (Å²) in [5.74, 6) is 1.04. The van der Waals surface area contributed by atoms with Crippen LogP contribution in [0.25, 0.3) is 0 Å². The Morgan fingerprint density at radius 2 is 1.73 bits per heavy atom. The SMILES string of the molecule is Cc1ccc([C@@]23OC[C@H]4CC=CC[C@@H]4CN2C(=O)c2ccccc23)cc1. The van der Waals surface area contributed by atoms with Gasteiger partial charge < -0.3 is 9.64 Å². The van der Waals surface area contributed by atoms with Gasteiger partial charge in [-0.25, -0.2) is 0 Å². The van der Waals surface area contributed by atoms with E-state index in [9.17, 15) is 4.79 Å². The summed E-state index contributed by atoms with van der Waals surface area (Å²) in [7, 11) is 0. The van der Waals surface area contributed by atoms with Gasteiger partial charge in [-0.05, 0) is 37.7 Å². The van der Waals surface area contributed by atoms with Crippen LogP contribution in [-0.4, -0.2) is 24.0 Å². The van der Waals surface area contributed by atoms with Crippen molar-refractivity contribution in [2.75, 3.05) is 13.2 Å². The molecule has 0 N–H and O–H groups in total. The van der Waals surface area contributed by atoms with Crippen molar-refractivity contribution in [3.05, 3.63) is 82.9 Å². The Morgan fingerprint density at radius 3 is 2.54 bits per heavy atom. The highest BCUT2D eigenvalue weighted by molar-refractivity contribution is 6.00. The molecule has 0 aromatic heterocycles. The lowest BCUT2D eigenvalue weighted by Gasteiger charge is -2.38. The van der Waals surface area contributed by atoms with E-state index in [0.717, 1.165) is 36.1 Å². The van der Waals surface area contributed by atoms with E-state index in [4.69, 9.17) is 4.74 Å². The van der Waals surface area contributed by atoms with Crippen LogP contribution in [0, 0.1) is 18.8 Å². The average molecular weight is 345 g/mol. The first kappa shape index (κ1) is 15.8. The zero-order valence-corrected chi connectivity index (χ0v) is 15.0. The zero-order valence-electron chi connectivity index (χ0n) is 15.0. The van der Waals surface area contributed by atoms with Crippen LogP contribution in [0.5, 0.6) is 0 Å². The van der Waals surface area contributed by atoms with E-state index in [2.05, 4.69) is 49.4 Å². The summed E-state index contributed by atoms with van der Waals surface area (Å²) in [5, 5.41) is 0. The summed E-state index contributed by atoms with van der Waals surface area (Å²) in [6.07, 6.45) is 6.58. The Labute approximate surface area is 154 Å². The van der Waals surface area contributed by atoms with Crippen LogP contribution >= 0.6 is 0 Å². The Kier molecular flexibility index (Phi) is 3.54. The number of nitrogens with zero attached hydrogens (tertiary/aromatic N) is 1. The predicted octanol–water partition coefficient (Wildman–Crippen LogP) is 4.26. The molecule has 3 aliphatic rings. The Hall–Kier alpha value is -2.39. The molecule has 0 saturated carbocycles. The van der Waals surface area contributed by atoms with Crippen molar-refractivity contribution in [3.8, 4) is 0 Å². The molecule has 2 aliphatic heterocycles. The first-order valence-electron chi connectivity index (χ1n) is 9.48. The Morgan fingerprint density at radius 1 is 1.00 bits per heavy atom. The molecule has 2 aromatic rings. The van der Waals surface area contributed by atoms with Gasteiger partial charge in [-0.1, -0.05) is 60.2 Å². The predicted molar refractivity (Wildman–Crippen MR) is 101 cm³/mol. The van der Waals surface area contributed by atoms with Gasteiger partial charge in [0, 0.05) is 23.2 Å². The first-order valence-corrected chi connectivity index (χ1v) is 9.48. The molecule has 1 aliphatic carbocycles. The van der Waals surface area contributed by atoms with Gasteiger partial charge in [0.15, 0.2) is 5.72 Å². The summed E-state index contributed by atoms with van der Waals surface area (Å²) in [5.41, 5.74) is 3.23. The van der Waals surface area contributed by atoms with Gasteiger partial charge in [-0.2, -0.15) is 0 Å². The summed E-state index contributed by atoms with van der Waals surface area (Å²) in [6, 6.07) is 16.4. The van der Waals surface area contributed by atoms with Gasteiger partial charge >= 0.3 is 0 Å². The Bertz CT molecular complexity index is 885. The minimum atomic E-state index is -0.793. The van der Waals surface area contributed by atoms with Gasteiger partial charge in [-0.3, -0.25) is 4.79 Å². The molecule has 3 atom stereocenters. The maximum atomic E-state index is 13.3. The molecule has 2 aromatic carbocycles. The molecular weight excluding hydrogens is 322 g/mol. The molecule has 0 unspecified atom stereocenters. The van der Waals surface area contributed by atoms with Crippen molar-refractivity contribution in [1.82, 2.24) is 4.90 Å². The molecule has 1 saturated heterocycles. The molecule has 26 heavy (non-hydrogen) atoms. The van der Waals surface area contributed by atoms with Crippen molar-refractivity contribution in [3.63, 3.8) is 0 Å². The summed E-state index contributed by atoms with van der Waals surface area (Å²) in [4.78, 5) is 15.3. The second kappa shape index (κ2) is 5.82. The van der Waals surface area contributed by atoms with E-state index < -0.39 is 5.72 Å². The van der Waals surface area contributed by atoms with Crippen molar-refractivity contribution < 1.29 is 9.53 Å². The van der Waals surface area contributed by atoms with Crippen LogP contribution in [0.2, 0.25) is 0 Å². The molecule has 1 amide bonds. The summed E-state index contributed by atoms with van der Waals surface area (Å²) in [6.45, 7) is 3.51. The van der Waals surface area contributed by atoms with Gasteiger partial charge in [0.1, 0.15) is 0 Å². The molecule has 0 radical (unpaired) electrons. The normalized spacial score (nSPS) is 29.7. The van der Waals surface area contributed by atoms with E-state index >= 15 is 0 Å². The standard InChI is InChI=1S/C23H23NO2/c1-16-10-12-19(13-11-16)23-21-9-5-4-8-20(21)22(25)24(23)14-17-6-2-3-7-18(17)15-26-23/h2-5,8-13,17-18H,6-7,14-15H2,1H3/t17-,18-,23+/m1/s1. The van der Waals surface area contributed by atoms with E-state index in [1.165, 1.54) is 5.56 Å². The van der Waals surface area contributed by atoms with Gasteiger partial charge in [0.25, 0.3) is 5.91 Å². The lowest BCUT2D eigenvalue weighted by molar-refractivity contribution is -0.0998. The summed E-state index contributed by atoms with van der Waals surface area (Å²) < 4.78 is 6.68. The molecule has 2 heterocycles. The highest BCUT2D eigenvalue weighted by Crippen LogP contribution is 2.49. The third-order valence-electron chi connectivity index (χ3n) is 6.23. The number of allylic oxidation sites excluding steroid dienone is 2. The van der Waals surface area contributed by atoms with Crippen LogP contribution in [0.4, 0.5) is 0 Å². The second-order valence-electron chi connectivity index (χ2n) is 7.75. The van der Waals surface area contributed by atoms with Crippen LogP contribution in [0.15, 0.2) is 60.7 Å². The number of amides is 1. The maximum absolute atomic E-state index is 13.3. The third-order valence-corrected chi connectivity index (χ3v) is 6.23. The molecule has 132 valence electrons. The van der Waals surface area contributed by atoms with Gasteiger partial charge in [0.05, 0.1) is 6.61 Å². The van der Waals surface area contributed by atoms with Gasteiger partial charge in [0.2, 0.25) is 0 Å². The van der Waals surface area contributed by atoms with E-state index in [-0.39, 0.29) is 5.91 Å². The molecular formula is C23H23NO2. The molecule has 3 nitrogen and oxygen atoms in total. The fraction of sp³-hybridized carbons (Fsp3) is 0.348. The van der Waals surface area contributed by atoms with E-state index in [1.54, 1.807) is 0 Å². The number of carbonyl (C=O) groups excluding carboxylic acids is 1. The van der Waals surface area contributed by atoms with Crippen LogP contribution in [0.1, 0.15) is 39.9 Å². The minimum Gasteiger partial charge on any atom is -0.347 e.